The van der Waals surface area contributed by atoms with Crippen molar-refractivity contribution >= 4 is 17.8 Å². The highest BCUT2D eigenvalue weighted by molar-refractivity contribution is 5.86. The van der Waals surface area contributed by atoms with Crippen LogP contribution in [0.15, 0.2) is 0 Å². The van der Waals surface area contributed by atoms with Gasteiger partial charge < -0.3 is 20.5 Å². The fourth-order valence-electron chi connectivity index (χ4n) is 1.53. The van der Waals surface area contributed by atoms with Gasteiger partial charge >= 0.3 is 11.9 Å². The lowest BCUT2D eigenvalue weighted by atomic mass is 10.1. The van der Waals surface area contributed by atoms with Crippen LogP contribution in [-0.4, -0.2) is 41.6 Å². The first-order valence-electron chi connectivity index (χ1n) is 7.28. The number of nitrogens with two attached hydrogens (primary N) is 1. The van der Waals surface area contributed by atoms with Gasteiger partial charge in [-0.25, -0.2) is 4.79 Å². The fourth-order valence-corrected chi connectivity index (χ4v) is 1.53. The molecule has 0 unspecified atom stereocenters. The third-order valence-corrected chi connectivity index (χ3v) is 2.27. The van der Waals surface area contributed by atoms with Crippen LogP contribution >= 0.6 is 0 Å². The topological polar surface area (TPSA) is 108 Å². The molecule has 0 radical (unpaired) electrons. The molecule has 7 heteroatoms. The molecule has 0 aliphatic carbocycles. The highest BCUT2D eigenvalue weighted by Crippen LogP contribution is 2.13. The van der Waals surface area contributed by atoms with Crippen LogP contribution in [-0.2, 0) is 23.9 Å². The number of amides is 1. The molecular weight excluding hydrogens is 288 g/mol. The third kappa shape index (κ3) is 10.1. The molecule has 128 valence electrons. The van der Waals surface area contributed by atoms with E-state index in [-0.39, 0.29) is 19.4 Å². The number of ether oxygens (including phenoxy) is 2. The molecule has 0 fully saturated rings. The number of hydrogen-bond donors (Lipinski definition) is 2. The van der Waals surface area contributed by atoms with E-state index in [1.165, 1.54) is 0 Å². The van der Waals surface area contributed by atoms with E-state index in [1.54, 1.807) is 41.5 Å². The van der Waals surface area contributed by atoms with Crippen molar-refractivity contribution in [3.8, 4) is 0 Å². The van der Waals surface area contributed by atoms with Crippen LogP contribution in [0.3, 0.4) is 0 Å². The van der Waals surface area contributed by atoms with Gasteiger partial charge in [-0.1, -0.05) is 0 Å². The highest BCUT2D eigenvalue weighted by atomic mass is 16.6. The summed E-state index contributed by atoms with van der Waals surface area (Å²) in [5.41, 5.74) is 3.95. The van der Waals surface area contributed by atoms with Gasteiger partial charge in [0.15, 0.2) is 0 Å². The molecular formula is C15H28N2O5. The minimum Gasteiger partial charge on any atom is -0.460 e. The molecule has 0 saturated carbocycles. The standard InChI is InChI=1S/C15H28N2O5/c1-14(2,3)21-12(19)8-7-10(17-11(18)9-16)13(20)22-15(4,5)6/h10H,7-9,16H2,1-6H3,(H,17,18)/t10-/m0/s1. The van der Waals surface area contributed by atoms with Crippen molar-refractivity contribution in [2.45, 2.75) is 71.6 Å². The second-order valence-electron chi connectivity index (χ2n) is 6.98. The number of carbonyl (C=O) groups is 3. The quantitative estimate of drug-likeness (QED) is 0.705. The third-order valence-electron chi connectivity index (χ3n) is 2.27. The number of esters is 2. The van der Waals surface area contributed by atoms with E-state index in [2.05, 4.69) is 5.32 Å². The smallest absolute Gasteiger partial charge is 0.329 e. The minimum atomic E-state index is -0.928. The summed E-state index contributed by atoms with van der Waals surface area (Å²) in [4.78, 5) is 35.2. The summed E-state index contributed by atoms with van der Waals surface area (Å²) in [5.74, 6) is -1.53. The lowest BCUT2D eigenvalue weighted by Crippen LogP contribution is -2.46. The zero-order valence-electron chi connectivity index (χ0n) is 14.3. The lowest BCUT2D eigenvalue weighted by Gasteiger charge is -2.25. The SMILES string of the molecule is CC(C)(C)OC(=O)CC[C@H](NC(=O)CN)C(=O)OC(C)(C)C. The summed E-state index contributed by atoms with van der Waals surface area (Å²) >= 11 is 0. The lowest BCUT2D eigenvalue weighted by molar-refractivity contribution is -0.160. The fraction of sp³-hybridized carbons (Fsp3) is 0.800. The van der Waals surface area contributed by atoms with E-state index in [0.29, 0.717) is 0 Å². The molecule has 0 aliphatic rings. The number of hydrogen-bond acceptors (Lipinski definition) is 6. The van der Waals surface area contributed by atoms with Gasteiger partial charge in [-0.15, -0.1) is 0 Å². The van der Waals surface area contributed by atoms with Gasteiger partial charge in [0, 0.05) is 6.42 Å². The summed E-state index contributed by atoms with van der Waals surface area (Å²) in [7, 11) is 0. The van der Waals surface area contributed by atoms with Crippen LogP contribution in [0.4, 0.5) is 0 Å². The van der Waals surface area contributed by atoms with E-state index in [1.807, 2.05) is 0 Å². The summed E-state index contributed by atoms with van der Waals surface area (Å²) in [6.45, 7) is 10.2. The first-order valence-corrected chi connectivity index (χ1v) is 7.28. The zero-order valence-corrected chi connectivity index (χ0v) is 14.3. The maximum Gasteiger partial charge on any atom is 0.329 e. The van der Waals surface area contributed by atoms with E-state index < -0.39 is 35.1 Å². The maximum atomic E-state index is 12.1. The van der Waals surface area contributed by atoms with Gasteiger partial charge in [-0.2, -0.15) is 0 Å². The normalized spacial score (nSPS) is 13.2. The molecule has 0 aromatic rings. The Balaban J connectivity index is 4.70. The van der Waals surface area contributed by atoms with Crippen molar-refractivity contribution in [2.75, 3.05) is 6.54 Å². The van der Waals surface area contributed by atoms with Gasteiger partial charge in [-0.05, 0) is 48.0 Å². The average Bonchev–Trinajstić information content (AvgIpc) is 2.29. The predicted molar refractivity (Wildman–Crippen MR) is 81.9 cm³/mol. The number of rotatable bonds is 6. The molecule has 0 saturated heterocycles. The van der Waals surface area contributed by atoms with E-state index in [0.717, 1.165) is 0 Å². The largest absolute Gasteiger partial charge is 0.460 e. The summed E-state index contributed by atoms with van der Waals surface area (Å²) in [6, 6.07) is -0.928. The Hall–Kier alpha value is -1.63. The molecule has 22 heavy (non-hydrogen) atoms. The molecule has 0 aromatic carbocycles. The Morgan fingerprint density at radius 1 is 1.00 bits per heavy atom. The van der Waals surface area contributed by atoms with E-state index >= 15 is 0 Å². The molecule has 0 bridgehead atoms. The first-order chi connectivity index (χ1) is 9.84. The van der Waals surface area contributed by atoms with Crippen LogP contribution in [0.5, 0.6) is 0 Å². The van der Waals surface area contributed by atoms with Crippen molar-refractivity contribution in [1.29, 1.82) is 0 Å². The predicted octanol–water partition coefficient (Wildman–Crippen LogP) is 0.894. The molecule has 1 amide bonds. The van der Waals surface area contributed by atoms with E-state index in [9.17, 15) is 14.4 Å². The molecule has 1 atom stereocenters. The monoisotopic (exact) mass is 316 g/mol. The number of carbonyl (C=O) groups excluding carboxylic acids is 3. The van der Waals surface area contributed by atoms with Crippen LogP contribution in [0.2, 0.25) is 0 Å². The number of nitrogens with one attached hydrogen (secondary N) is 1. The van der Waals surface area contributed by atoms with Crippen LogP contribution < -0.4 is 11.1 Å². The Labute approximate surface area is 131 Å². The summed E-state index contributed by atoms with van der Waals surface area (Å²) in [5, 5.41) is 2.46. The molecule has 0 aliphatic heterocycles. The second-order valence-corrected chi connectivity index (χ2v) is 6.98. The van der Waals surface area contributed by atoms with Gasteiger partial charge in [-0.3, -0.25) is 9.59 Å². The summed E-state index contributed by atoms with van der Waals surface area (Å²) < 4.78 is 10.4. The van der Waals surface area contributed by atoms with Crippen molar-refractivity contribution < 1.29 is 23.9 Å². The van der Waals surface area contributed by atoms with Gasteiger partial charge in [0.1, 0.15) is 17.2 Å². The second kappa shape index (κ2) is 8.12. The van der Waals surface area contributed by atoms with Crippen molar-refractivity contribution in [3.05, 3.63) is 0 Å². The minimum absolute atomic E-state index is 0.00791. The van der Waals surface area contributed by atoms with Crippen LogP contribution in [0, 0.1) is 0 Å². The maximum absolute atomic E-state index is 12.1. The zero-order chi connectivity index (χ0) is 17.6. The molecule has 7 nitrogen and oxygen atoms in total. The Kier molecular flexibility index (Phi) is 7.52. The van der Waals surface area contributed by atoms with Crippen LogP contribution in [0.25, 0.3) is 0 Å². The van der Waals surface area contributed by atoms with Gasteiger partial charge in [0.2, 0.25) is 5.91 Å². The van der Waals surface area contributed by atoms with Crippen LogP contribution in [0.1, 0.15) is 54.4 Å². The van der Waals surface area contributed by atoms with Crippen molar-refractivity contribution in [1.82, 2.24) is 5.32 Å². The molecule has 0 aromatic heterocycles. The first kappa shape index (κ1) is 20.4. The molecule has 0 rings (SSSR count). The Bertz CT molecular complexity index is 407. The van der Waals surface area contributed by atoms with Gasteiger partial charge in [0.25, 0.3) is 0 Å². The Morgan fingerprint density at radius 3 is 1.91 bits per heavy atom. The molecule has 0 spiro atoms. The van der Waals surface area contributed by atoms with E-state index in [4.69, 9.17) is 15.2 Å². The van der Waals surface area contributed by atoms with Crippen molar-refractivity contribution in [2.24, 2.45) is 5.73 Å². The molecule has 0 heterocycles. The highest BCUT2D eigenvalue weighted by Gasteiger charge is 2.27. The van der Waals surface area contributed by atoms with Crippen molar-refractivity contribution in [3.63, 3.8) is 0 Å². The Morgan fingerprint density at radius 2 is 1.50 bits per heavy atom. The average molecular weight is 316 g/mol. The molecule has 3 N–H and O–H groups in total. The van der Waals surface area contributed by atoms with Gasteiger partial charge in [0.05, 0.1) is 6.54 Å². The summed E-state index contributed by atoms with van der Waals surface area (Å²) in [6.07, 6.45) is 0.0849.